The molecular formula is C14H17NO4. The fraction of sp³-hybridized carbons (Fsp3) is 0.429. The van der Waals surface area contributed by atoms with Gasteiger partial charge in [0, 0.05) is 19.5 Å². The summed E-state index contributed by atoms with van der Waals surface area (Å²) in [5, 5.41) is 10.1. The molecule has 1 amide bonds. The van der Waals surface area contributed by atoms with Gasteiger partial charge in [0.2, 0.25) is 5.60 Å². The number of amides is 1. The van der Waals surface area contributed by atoms with E-state index in [0.29, 0.717) is 13.1 Å². The fourth-order valence-electron chi connectivity index (χ4n) is 2.16. The van der Waals surface area contributed by atoms with Gasteiger partial charge in [0.25, 0.3) is 5.91 Å². The quantitative estimate of drug-likeness (QED) is 0.642. The van der Waals surface area contributed by atoms with Crippen LogP contribution in [0.2, 0.25) is 0 Å². The molecule has 0 aliphatic carbocycles. The Balaban J connectivity index is 2.07. The van der Waals surface area contributed by atoms with Crippen LogP contribution >= 0.6 is 0 Å². The Bertz CT molecular complexity index is 474. The third-order valence-corrected chi connectivity index (χ3v) is 3.21. The maximum absolute atomic E-state index is 12.1. The van der Waals surface area contributed by atoms with Gasteiger partial charge in [-0.05, 0) is 12.5 Å². The first-order chi connectivity index (χ1) is 9.08. The predicted octanol–water partition coefficient (Wildman–Crippen LogP) is 0.713. The van der Waals surface area contributed by atoms with E-state index in [0.717, 1.165) is 5.56 Å². The summed E-state index contributed by atoms with van der Waals surface area (Å²) in [5.74, 6) is -1.43. The van der Waals surface area contributed by atoms with Crippen LogP contribution < -0.4 is 0 Å². The molecule has 19 heavy (non-hydrogen) atoms. The largest absolute Gasteiger partial charge is 0.463 e. The Kier molecular flexibility index (Phi) is 3.85. The van der Waals surface area contributed by atoms with Crippen molar-refractivity contribution in [1.82, 2.24) is 4.90 Å². The minimum Gasteiger partial charge on any atom is -0.463 e. The third-order valence-electron chi connectivity index (χ3n) is 3.21. The summed E-state index contributed by atoms with van der Waals surface area (Å²) in [6.07, 6.45) is 0.0809. The van der Waals surface area contributed by atoms with E-state index in [1.165, 1.54) is 4.90 Å². The van der Waals surface area contributed by atoms with Crippen LogP contribution in [0.25, 0.3) is 0 Å². The lowest BCUT2D eigenvalue weighted by Gasteiger charge is -2.20. The highest BCUT2D eigenvalue weighted by Gasteiger charge is 2.52. The first-order valence-corrected chi connectivity index (χ1v) is 6.31. The van der Waals surface area contributed by atoms with Crippen LogP contribution in [0.4, 0.5) is 0 Å². The number of ether oxygens (including phenoxy) is 1. The SMILES string of the molecule is CCOC(=O)C1(O)CCN(Cc2ccccc2)C1=O. The molecule has 102 valence electrons. The average Bonchev–Trinajstić information content (AvgIpc) is 2.70. The number of rotatable bonds is 4. The number of hydrogen-bond acceptors (Lipinski definition) is 4. The van der Waals surface area contributed by atoms with Crippen LogP contribution in [0.3, 0.4) is 0 Å². The van der Waals surface area contributed by atoms with Crippen molar-refractivity contribution in [2.75, 3.05) is 13.2 Å². The van der Waals surface area contributed by atoms with Crippen LogP contribution in [0, 0.1) is 0 Å². The summed E-state index contributed by atoms with van der Waals surface area (Å²) in [6, 6.07) is 9.45. The number of hydrogen-bond donors (Lipinski definition) is 1. The predicted molar refractivity (Wildman–Crippen MR) is 68.1 cm³/mol. The third kappa shape index (κ3) is 2.61. The molecule has 0 spiro atoms. The van der Waals surface area contributed by atoms with Crippen molar-refractivity contribution in [3.63, 3.8) is 0 Å². The van der Waals surface area contributed by atoms with Gasteiger partial charge >= 0.3 is 5.97 Å². The molecule has 1 aromatic rings. The molecule has 1 fully saturated rings. The summed E-state index contributed by atoms with van der Waals surface area (Å²) in [6.45, 7) is 2.53. The number of nitrogens with zero attached hydrogens (tertiary/aromatic N) is 1. The number of carbonyl (C=O) groups excluding carboxylic acids is 2. The van der Waals surface area contributed by atoms with E-state index in [1.807, 2.05) is 30.3 Å². The van der Waals surface area contributed by atoms with Gasteiger partial charge in [-0.1, -0.05) is 30.3 Å². The monoisotopic (exact) mass is 263 g/mol. The summed E-state index contributed by atoms with van der Waals surface area (Å²) >= 11 is 0. The van der Waals surface area contributed by atoms with Gasteiger partial charge in [-0.25, -0.2) is 4.79 Å². The van der Waals surface area contributed by atoms with Gasteiger partial charge in [-0.3, -0.25) is 4.79 Å². The Hall–Kier alpha value is -1.88. The van der Waals surface area contributed by atoms with Gasteiger partial charge in [-0.15, -0.1) is 0 Å². The van der Waals surface area contributed by atoms with Crippen molar-refractivity contribution in [2.45, 2.75) is 25.5 Å². The lowest BCUT2D eigenvalue weighted by Crippen LogP contribution is -2.47. The minimum atomic E-state index is -2.01. The van der Waals surface area contributed by atoms with Crippen LogP contribution in [-0.2, 0) is 20.9 Å². The molecule has 1 unspecified atom stereocenters. The summed E-state index contributed by atoms with van der Waals surface area (Å²) < 4.78 is 4.76. The van der Waals surface area contributed by atoms with Crippen molar-refractivity contribution in [3.8, 4) is 0 Å². The van der Waals surface area contributed by atoms with Crippen LogP contribution in [0.1, 0.15) is 18.9 Å². The minimum absolute atomic E-state index is 0.0809. The van der Waals surface area contributed by atoms with Gasteiger partial charge in [0.15, 0.2) is 0 Å². The summed E-state index contributed by atoms with van der Waals surface area (Å²) in [7, 11) is 0. The van der Waals surface area contributed by atoms with E-state index in [1.54, 1.807) is 6.92 Å². The molecule has 0 saturated carbocycles. The normalized spacial score (nSPS) is 22.6. The summed E-state index contributed by atoms with van der Waals surface area (Å²) in [5.41, 5.74) is -1.05. The van der Waals surface area contributed by atoms with E-state index < -0.39 is 17.5 Å². The van der Waals surface area contributed by atoms with Crippen molar-refractivity contribution in [3.05, 3.63) is 35.9 Å². The Morgan fingerprint density at radius 2 is 2.11 bits per heavy atom. The van der Waals surface area contributed by atoms with Crippen molar-refractivity contribution >= 4 is 11.9 Å². The van der Waals surface area contributed by atoms with Gasteiger partial charge in [0.1, 0.15) is 0 Å². The first-order valence-electron chi connectivity index (χ1n) is 6.31. The second-order valence-corrected chi connectivity index (χ2v) is 4.54. The van der Waals surface area contributed by atoms with E-state index in [9.17, 15) is 14.7 Å². The molecule has 1 saturated heterocycles. The molecular weight excluding hydrogens is 246 g/mol. The van der Waals surface area contributed by atoms with Crippen molar-refractivity contribution in [2.24, 2.45) is 0 Å². The molecule has 0 bridgehead atoms. The van der Waals surface area contributed by atoms with Crippen LogP contribution in [-0.4, -0.2) is 40.6 Å². The van der Waals surface area contributed by atoms with E-state index >= 15 is 0 Å². The second-order valence-electron chi connectivity index (χ2n) is 4.54. The smallest absolute Gasteiger partial charge is 0.348 e. The highest BCUT2D eigenvalue weighted by Crippen LogP contribution is 2.26. The maximum Gasteiger partial charge on any atom is 0.348 e. The molecule has 1 heterocycles. The topological polar surface area (TPSA) is 66.8 Å². The highest BCUT2D eigenvalue weighted by atomic mass is 16.6. The van der Waals surface area contributed by atoms with Crippen LogP contribution in [0.5, 0.6) is 0 Å². The number of benzene rings is 1. The fourth-order valence-corrected chi connectivity index (χ4v) is 2.16. The van der Waals surface area contributed by atoms with Gasteiger partial charge in [-0.2, -0.15) is 0 Å². The Morgan fingerprint density at radius 3 is 2.74 bits per heavy atom. The average molecular weight is 263 g/mol. The van der Waals surface area contributed by atoms with Crippen molar-refractivity contribution in [1.29, 1.82) is 0 Å². The Labute approximate surface area is 111 Å². The molecule has 5 heteroatoms. The molecule has 1 aliphatic heterocycles. The second kappa shape index (κ2) is 5.40. The van der Waals surface area contributed by atoms with E-state index in [2.05, 4.69) is 0 Å². The molecule has 1 aliphatic rings. The number of esters is 1. The summed E-state index contributed by atoms with van der Waals surface area (Å²) in [4.78, 5) is 25.3. The highest BCUT2D eigenvalue weighted by molar-refractivity contribution is 6.07. The van der Waals surface area contributed by atoms with E-state index in [-0.39, 0.29) is 13.0 Å². The number of aliphatic hydroxyl groups is 1. The number of carbonyl (C=O) groups is 2. The zero-order valence-electron chi connectivity index (χ0n) is 10.8. The molecule has 0 aromatic heterocycles. The molecule has 2 rings (SSSR count). The zero-order valence-corrected chi connectivity index (χ0v) is 10.8. The molecule has 5 nitrogen and oxygen atoms in total. The zero-order chi connectivity index (χ0) is 13.9. The first kappa shape index (κ1) is 13.5. The molecule has 1 aromatic carbocycles. The lowest BCUT2D eigenvalue weighted by molar-refractivity contribution is -0.170. The maximum atomic E-state index is 12.1. The standard InChI is InChI=1S/C14H17NO4/c1-2-19-13(17)14(18)8-9-15(12(14)16)10-11-6-4-3-5-7-11/h3-7,18H,2,8-10H2,1H3. The van der Waals surface area contributed by atoms with Gasteiger partial charge in [0.05, 0.1) is 6.61 Å². The van der Waals surface area contributed by atoms with Gasteiger partial charge < -0.3 is 14.7 Å². The van der Waals surface area contributed by atoms with Crippen molar-refractivity contribution < 1.29 is 19.4 Å². The molecule has 1 N–H and O–H groups in total. The molecule has 1 atom stereocenters. The Morgan fingerprint density at radius 1 is 1.42 bits per heavy atom. The van der Waals surface area contributed by atoms with E-state index in [4.69, 9.17) is 4.74 Å². The molecule has 0 radical (unpaired) electrons. The van der Waals surface area contributed by atoms with Crippen LogP contribution in [0.15, 0.2) is 30.3 Å². The number of likely N-dealkylation sites (tertiary alicyclic amines) is 1. The lowest BCUT2D eigenvalue weighted by atomic mass is 10.0.